The number of thioether (sulfide) groups is 1. The molecule has 0 atom stereocenters. The van der Waals surface area contributed by atoms with Gasteiger partial charge in [-0.25, -0.2) is 4.98 Å². The molecule has 3 nitrogen and oxygen atoms in total. The summed E-state index contributed by atoms with van der Waals surface area (Å²) in [6.07, 6.45) is 0.652. The van der Waals surface area contributed by atoms with E-state index in [9.17, 15) is 4.79 Å². The van der Waals surface area contributed by atoms with E-state index < -0.39 is 0 Å². The Morgan fingerprint density at radius 3 is 2.55 bits per heavy atom. The van der Waals surface area contributed by atoms with Gasteiger partial charge in [0.15, 0.2) is 0 Å². The molecular formula is C18H23NO2S. The predicted octanol–water partition coefficient (Wildman–Crippen LogP) is 4.81. The molecule has 0 bridgehead atoms. The summed E-state index contributed by atoms with van der Waals surface area (Å²) in [6.45, 7) is 8.12. The molecule has 0 unspecified atom stereocenters. The Kier molecular flexibility index (Phi) is 5.83. The van der Waals surface area contributed by atoms with Crippen molar-refractivity contribution in [2.75, 3.05) is 5.75 Å². The molecule has 0 saturated carbocycles. The van der Waals surface area contributed by atoms with Crippen LogP contribution in [-0.2, 0) is 10.5 Å². The van der Waals surface area contributed by atoms with Crippen LogP contribution in [0.1, 0.15) is 37.3 Å². The van der Waals surface area contributed by atoms with Crippen LogP contribution in [0.15, 0.2) is 28.7 Å². The van der Waals surface area contributed by atoms with Crippen molar-refractivity contribution in [3.63, 3.8) is 0 Å². The summed E-state index contributed by atoms with van der Waals surface area (Å²) in [5.41, 5.74) is 3.13. The lowest BCUT2D eigenvalue weighted by Gasteiger charge is -2.02. The Bertz CT molecular complexity index is 629. The number of ketones is 1. The fraction of sp³-hybridized carbons (Fsp3) is 0.444. The fourth-order valence-electron chi connectivity index (χ4n) is 2.16. The SMILES string of the molecule is Cc1ccc(-c2nc(CSCC(=O)CC(C)C)c(C)o2)cc1. The van der Waals surface area contributed by atoms with Gasteiger partial charge < -0.3 is 4.42 Å². The van der Waals surface area contributed by atoms with Crippen LogP contribution in [-0.4, -0.2) is 16.5 Å². The highest BCUT2D eigenvalue weighted by molar-refractivity contribution is 7.99. The van der Waals surface area contributed by atoms with Crippen LogP contribution in [0.3, 0.4) is 0 Å². The summed E-state index contributed by atoms with van der Waals surface area (Å²) < 4.78 is 5.75. The van der Waals surface area contributed by atoms with Crippen molar-refractivity contribution in [1.29, 1.82) is 0 Å². The number of carbonyl (C=O) groups is 1. The molecular weight excluding hydrogens is 294 g/mol. The average molecular weight is 317 g/mol. The molecule has 1 aromatic heterocycles. The number of hydrogen-bond donors (Lipinski definition) is 0. The molecule has 0 aliphatic carbocycles. The van der Waals surface area contributed by atoms with Crippen molar-refractivity contribution >= 4 is 17.5 Å². The Balaban J connectivity index is 1.95. The molecule has 2 aromatic rings. The van der Waals surface area contributed by atoms with Gasteiger partial charge in [-0.2, -0.15) is 0 Å². The van der Waals surface area contributed by atoms with Gasteiger partial charge in [0.2, 0.25) is 5.89 Å². The molecule has 0 amide bonds. The third kappa shape index (κ3) is 4.73. The van der Waals surface area contributed by atoms with Crippen molar-refractivity contribution < 1.29 is 9.21 Å². The van der Waals surface area contributed by atoms with E-state index in [1.165, 1.54) is 5.56 Å². The van der Waals surface area contributed by atoms with Gasteiger partial charge in [0.1, 0.15) is 11.5 Å². The maximum absolute atomic E-state index is 11.7. The lowest BCUT2D eigenvalue weighted by molar-refractivity contribution is -0.117. The standard InChI is InChI=1S/C18H23NO2S/c1-12(2)9-16(20)10-22-11-17-14(4)21-18(19-17)15-7-5-13(3)6-8-15/h5-8,12H,9-11H2,1-4H3. The molecule has 0 saturated heterocycles. The number of oxazole rings is 1. The summed E-state index contributed by atoms with van der Waals surface area (Å²) in [7, 11) is 0. The molecule has 0 spiro atoms. The molecule has 0 aliphatic rings. The fourth-order valence-corrected chi connectivity index (χ4v) is 3.07. The lowest BCUT2D eigenvalue weighted by Crippen LogP contribution is -2.05. The van der Waals surface area contributed by atoms with Crippen LogP contribution in [0.4, 0.5) is 0 Å². The molecule has 4 heteroatoms. The van der Waals surface area contributed by atoms with E-state index in [0.717, 1.165) is 17.0 Å². The second-order valence-corrected chi connectivity index (χ2v) is 7.00. The zero-order valence-corrected chi connectivity index (χ0v) is 14.5. The molecule has 0 radical (unpaired) electrons. The van der Waals surface area contributed by atoms with Gasteiger partial charge in [-0.05, 0) is 31.9 Å². The van der Waals surface area contributed by atoms with E-state index in [1.807, 2.05) is 31.2 Å². The second-order valence-electron chi connectivity index (χ2n) is 6.02. The maximum atomic E-state index is 11.7. The van der Waals surface area contributed by atoms with Crippen molar-refractivity contribution in [1.82, 2.24) is 4.98 Å². The van der Waals surface area contributed by atoms with Crippen LogP contribution in [0.5, 0.6) is 0 Å². The minimum Gasteiger partial charge on any atom is -0.441 e. The number of nitrogens with zero attached hydrogens (tertiary/aromatic N) is 1. The number of aryl methyl sites for hydroxylation is 2. The molecule has 22 heavy (non-hydrogen) atoms. The monoisotopic (exact) mass is 317 g/mol. The first-order chi connectivity index (χ1) is 10.5. The van der Waals surface area contributed by atoms with Gasteiger partial charge in [-0.1, -0.05) is 31.5 Å². The third-order valence-electron chi connectivity index (χ3n) is 3.33. The Labute approximate surface area is 136 Å². The van der Waals surface area contributed by atoms with Gasteiger partial charge in [0.25, 0.3) is 0 Å². The lowest BCUT2D eigenvalue weighted by atomic mass is 10.1. The number of carbonyl (C=O) groups excluding carboxylic acids is 1. The van der Waals surface area contributed by atoms with E-state index >= 15 is 0 Å². The zero-order chi connectivity index (χ0) is 16.1. The molecule has 118 valence electrons. The van der Waals surface area contributed by atoms with Crippen LogP contribution >= 0.6 is 11.8 Å². The predicted molar refractivity (Wildman–Crippen MR) is 92.0 cm³/mol. The smallest absolute Gasteiger partial charge is 0.226 e. The first-order valence-corrected chi connectivity index (χ1v) is 8.74. The number of rotatable bonds is 7. The van der Waals surface area contributed by atoms with Crippen LogP contribution in [0.2, 0.25) is 0 Å². The first kappa shape index (κ1) is 16.8. The summed E-state index contributed by atoms with van der Waals surface area (Å²) in [4.78, 5) is 16.3. The van der Waals surface area contributed by atoms with Crippen LogP contribution < -0.4 is 0 Å². The number of aromatic nitrogens is 1. The summed E-state index contributed by atoms with van der Waals surface area (Å²) in [5.74, 6) is 3.48. The highest BCUT2D eigenvalue weighted by Crippen LogP contribution is 2.24. The zero-order valence-electron chi connectivity index (χ0n) is 13.7. The minimum absolute atomic E-state index is 0.305. The van der Waals surface area contributed by atoms with Crippen molar-refractivity contribution in [2.24, 2.45) is 5.92 Å². The number of hydrogen-bond acceptors (Lipinski definition) is 4. The van der Waals surface area contributed by atoms with Gasteiger partial charge >= 0.3 is 0 Å². The molecule has 1 heterocycles. The highest BCUT2D eigenvalue weighted by Gasteiger charge is 2.12. The quantitative estimate of drug-likeness (QED) is 0.735. The second kappa shape index (κ2) is 7.63. The van der Waals surface area contributed by atoms with Crippen molar-refractivity contribution in [3.05, 3.63) is 41.3 Å². The van der Waals surface area contributed by atoms with Gasteiger partial charge in [0, 0.05) is 17.7 Å². The largest absolute Gasteiger partial charge is 0.441 e. The van der Waals surface area contributed by atoms with Gasteiger partial charge in [0.05, 0.1) is 11.4 Å². The van der Waals surface area contributed by atoms with Crippen LogP contribution in [0, 0.1) is 19.8 Å². The Morgan fingerprint density at radius 1 is 1.23 bits per heavy atom. The van der Waals surface area contributed by atoms with Crippen molar-refractivity contribution in [2.45, 2.75) is 39.9 Å². The summed E-state index contributed by atoms with van der Waals surface area (Å²) in [6, 6.07) is 8.13. The molecule has 2 rings (SSSR count). The normalized spacial score (nSPS) is 11.1. The van der Waals surface area contributed by atoms with E-state index in [-0.39, 0.29) is 0 Å². The van der Waals surface area contributed by atoms with Crippen LogP contribution in [0.25, 0.3) is 11.5 Å². The Hall–Kier alpha value is -1.55. The van der Waals surface area contributed by atoms with Gasteiger partial charge in [-0.3, -0.25) is 4.79 Å². The highest BCUT2D eigenvalue weighted by atomic mass is 32.2. The minimum atomic E-state index is 0.305. The summed E-state index contributed by atoms with van der Waals surface area (Å²) >= 11 is 1.61. The molecule has 0 fully saturated rings. The van der Waals surface area contributed by atoms with Gasteiger partial charge in [-0.15, -0.1) is 11.8 Å². The number of benzene rings is 1. The molecule has 1 aromatic carbocycles. The molecule has 0 aliphatic heterocycles. The van der Waals surface area contributed by atoms with E-state index in [1.54, 1.807) is 11.8 Å². The van der Waals surface area contributed by atoms with E-state index in [0.29, 0.717) is 35.5 Å². The van der Waals surface area contributed by atoms with E-state index in [2.05, 4.69) is 25.8 Å². The number of Topliss-reactive ketones (excluding diaryl/α,β-unsaturated/α-hetero) is 1. The first-order valence-electron chi connectivity index (χ1n) is 7.58. The van der Waals surface area contributed by atoms with Crippen molar-refractivity contribution in [3.8, 4) is 11.5 Å². The molecule has 0 N–H and O–H groups in total. The van der Waals surface area contributed by atoms with E-state index in [4.69, 9.17) is 4.42 Å². The topological polar surface area (TPSA) is 43.1 Å². The maximum Gasteiger partial charge on any atom is 0.226 e. The third-order valence-corrected chi connectivity index (χ3v) is 4.33. The summed E-state index contributed by atoms with van der Waals surface area (Å²) in [5, 5.41) is 0. The Morgan fingerprint density at radius 2 is 1.91 bits per heavy atom. The average Bonchev–Trinajstić information content (AvgIpc) is 2.80.